The van der Waals surface area contributed by atoms with Crippen LogP contribution in [0.1, 0.15) is 28.2 Å². The molecule has 4 rings (SSSR count). The molecule has 1 aromatic carbocycles. The third-order valence-electron chi connectivity index (χ3n) is 5.01. The fourth-order valence-electron chi connectivity index (χ4n) is 3.47. The molecule has 2 aromatic heterocycles. The summed E-state index contributed by atoms with van der Waals surface area (Å²) in [5.41, 5.74) is 1.74. The number of carbonyl (C=O) groups is 1. The van der Waals surface area contributed by atoms with E-state index in [-0.39, 0.29) is 5.91 Å². The molecule has 1 amide bonds. The molecule has 1 aliphatic heterocycles. The number of carbonyl (C=O) groups excluding carboxylic acids is 1. The van der Waals surface area contributed by atoms with Gasteiger partial charge >= 0.3 is 0 Å². The first-order valence-electron chi connectivity index (χ1n) is 8.78. The zero-order chi connectivity index (χ0) is 18.3. The Morgan fingerprint density at radius 2 is 2.08 bits per heavy atom. The molecule has 1 fully saturated rings. The summed E-state index contributed by atoms with van der Waals surface area (Å²) >= 11 is 7.84. The molecule has 3 heterocycles. The lowest BCUT2D eigenvalue weighted by Gasteiger charge is -2.31. The summed E-state index contributed by atoms with van der Waals surface area (Å²) < 4.78 is 1.85. The van der Waals surface area contributed by atoms with Gasteiger partial charge in [0.15, 0.2) is 0 Å². The van der Waals surface area contributed by atoms with Crippen molar-refractivity contribution in [2.45, 2.75) is 25.8 Å². The number of hydrogen-bond acceptors (Lipinski definition) is 4. The number of nitrogens with zero attached hydrogens (tertiary/aromatic N) is 3. The Morgan fingerprint density at radius 1 is 1.35 bits per heavy atom. The molecule has 0 atom stereocenters. The highest BCUT2D eigenvalue weighted by Gasteiger charge is 2.25. The van der Waals surface area contributed by atoms with E-state index in [0.717, 1.165) is 52.4 Å². The maximum atomic E-state index is 13.0. The molecule has 0 saturated carbocycles. The highest BCUT2D eigenvalue weighted by atomic mass is 35.5. The molecule has 1 saturated heterocycles. The number of benzene rings is 1. The molecule has 0 aliphatic carbocycles. The number of fused-ring (bicyclic) bond motifs is 1. The molecule has 5 nitrogen and oxygen atoms in total. The molecule has 7 heteroatoms. The van der Waals surface area contributed by atoms with Gasteiger partial charge in [0.25, 0.3) is 5.91 Å². The first kappa shape index (κ1) is 17.5. The average Bonchev–Trinajstić information content (AvgIpc) is 3.23. The van der Waals surface area contributed by atoms with E-state index in [2.05, 4.69) is 10.4 Å². The summed E-state index contributed by atoms with van der Waals surface area (Å²) in [7, 11) is 1.91. The van der Waals surface area contributed by atoms with Crippen molar-refractivity contribution in [2.75, 3.05) is 20.1 Å². The Labute approximate surface area is 161 Å². The van der Waals surface area contributed by atoms with Crippen LogP contribution >= 0.6 is 22.9 Å². The Balaban J connectivity index is 1.71. The predicted octanol–water partition coefficient (Wildman–Crippen LogP) is 3.87. The Kier molecular flexibility index (Phi) is 4.73. The van der Waals surface area contributed by atoms with Crippen molar-refractivity contribution in [2.24, 2.45) is 0 Å². The number of nitrogens with one attached hydrogen (secondary N) is 1. The van der Waals surface area contributed by atoms with Crippen LogP contribution in [-0.2, 0) is 0 Å². The van der Waals surface area contributed by atoms with E-state index in [1.165, 1.54) is 11.3 Å². The third kappa shape index (κ3) is 3.02. The number of halogens is 1. The van der Waals surface area contributed by atoms with Crippen LogP contribution in [0.3, 0.4) is 0 Å². The summed E-state index contributed by atoms with van der Waals surface area (Å²) in [6.07, 6.45) is 2.00. The molecule has 1 N–H and O–H groups in total. The van der Waals surface area contributed by atoms with Crippen molar-refractivity contribution in [1.29, 1.82) is 0 Å². The molecule has 0 unspecified atom stereocenters. The first-order chi connectivity index (χ1) is 12.6. The highest BCUT2D eigenvalue weighted by Crippen LogP contribution is 2.33. The second-order valence-corrected chi connectivity index (χ2v) is 8.11. The van der Waals surface area contributed by atoms with Gasteiger partial charge in [-0.1, -0.05) is 23.7 Å². The Morgan fingerprint density at radius 3 is 2.81 bits per heavy atom. The van der Waals surface area contributed by atoms with Crippen LogP contribution in [-0.4, -0.2) is 46.8 Å². The van der Waals surface area contributed by atoms with E-state index in [1.54, 1.807) is 0 Å². The molecular weight excluding hydrogens is 368 g/mol. The summed E-state index contributed by atoms with van der Waals surface area (Å²) in [6.45, 7) is 3.90. The van der Waals surface area contributed by atoms with Crippen molar-refractivity contribution in [3.05, 3.63) is 45.9 Å². The van der Waals surface area contributed by atoms with Crippen LogP contribution in [0.5, 0.6) is 0 Å². The smallest absolute Gasteiger partial charge is 0.264 e. The second kappa shape index (κ2) is 7.02. The predicted molar refractivity (Wildman–Crippen MR) is 107 cm³/mol. The van der Waals surface area contributed by atoms with Crippen LogP contribution in [0.2, 0.25) is 5.02 Å². The number of rotatable bonds is 3. The fourth-order valence-corrected chi connectivity index (χ4v) is 4.85. The van der Waals surface area contributed by atoms with Crippen molar-refractivity contribution >= 4 is 39.1 Å². The van der Waals surface area contributed by atoms with Gasteiger partial charge in [0.1, 0.15) is 4.83 Å². The van der Waals surface area contributed by atoms with Gasteiger partial charge in [0.05, 0.1) is 21.3 Å². The minimum absolute atomic E-state index is 0.0863. The number of thiophene rings is 1. The molecule has 0 spiro atoms. The van der Waals surface area contributed by atoms with Gasteiger partial charge in [-0.3, -0.25) is 4.79 Å². The number of aryl methyl sites for hydroxylation is 1. The van der Waals surface area contributed by atoms with Crippen LogP contribution < -0.4 is 5.32 Å². The molecule has 0 bridgehead atoms. The van der Waals surface area contributed by atoms with E-state index < -0.39 is 0 Å². The van der Waals surface area contributed by atoms with Crippen LogP contribution in [0.15, 0.2) is 30.3 Å². The van der Waals surface area contributed by atoms with Crippen molar-refractivity contribution in [1.82, 2.24) is 20.0 Å². The lowest BCUT2D eigenvalue weighted by Crippen LogP contribution is -2.43. The zero-order valence-corrected chi connectivity index (χ0v) is 16.4. The summed E-state index contributed by atoms with van der Waals surface area (Å²) in [6, 6.07) is 9.90. The number of amides is 1. The third-order valence-corrected chi connectivity index (χ3v) is 6.43. The largest absolute Gasteiger partial charge is 0.338 e. The van der Waals surface area contributed by atoms with Gasteiger partial charge in [-0.2, -0.15) is 5.10 Å². The zero-order valence-electron chi connectivity index (χ0n) is 14.8. The van der Waals surface area contributed by atoms with E-state index in [1.807, 2.05) is 53.9 Å². The normalized spacial score (nSPS) is 15.5. The van der Waals surface area contributed by atoms with Crippen molar-refractivity contribution in [3.8, 4) is 5.69 Å². The van der Waals surface area contributed by atoms with E-state index in [9.17, 15) is 4.79 Å². The number of hydrogen-bond donors (Lipinski definition) is 1. The van der Waals surface area contributed by atoms with Gasteiger partial charge in [-0.05, 0) is 51.1 Å². The molecule has 1 aliphatic rings. The van der Waals surface area contributed by atoms with Crippen molar-refractivity contribution < 1.29 is 4.79 Å². The summed E-state index contributed by atoms with van der Waals surface area (Å²) in [5.74, 6) is 0.0863. The maximum absolute atomic E-state index is 13.0. The minimum Gasteiger partial charge on any atom is -0.338 e. The van der Waals surface area contributed by atoms with E-state index in [4.69, 9.17) is 11.6 Å². The lowest BCUT2D eigenvalue weighted by atomic mass is 10.1. The quantitative estimate of drug-likeness (QED) is 0.740. The van der Waals surface area contributed by atoms with Crippen molar-refractivity contribution in [3.63, 3.8) is 0 Å². The summed E-state index contributed by atoms with van der Waals surface area (Å²) in [5, 5.41) is 9.62. The van der Waals surface area contributed by atoms with Gasteiger partial charge < -0.3 is 10.2 Å². The van der Waals surface area contributed by atoms with E-state index >= 15 is 0 Å². The molecule has 0 radical (unpaired) electrons. The topological polar surface area (TPSA) is 50.2 Å². The lowest BCUT2D eigenvalue weighted by molar-refractivity contribution is 0.0708. The second-order valence-electron chi connectivity index (χ2n) is 6.68. The maximum Gasteiger partial charge on any atom is 0.264 e. The standard InChI is InChI=1S/C19H21ClN4OS/c1-12-14-11-17(18(25)23(2)13-7-9-21-10-8-13)26-19(14)24(22-12)16-6-4-3-5-15(16)20/h3-6,11,13,21H,7-10H2,1-2H3. The molecular formula is C19H21ClN4OS. The van der Waals surface area contributed by atoms with Gasteiger partial charge in [0, 0.05) is 18.5 Å². The summed E-state index contributed by atoms with van der Waals surface area (Å²) in [4.78, 5) is 16.6. The van der Waals surface area contributed by atoms with Crippen LogP contribution in [0.4, 0.5) is 0 Å². The number of para-hydroxylation sites is 1. The van der Waals surface area contributed by atoms with Crippen LogP contribution in [0.25, 0.3) is 15.9 Å². The fraction of sp³-hybridized carbons (Fsp3) is 0.368. The average molecular weight is 389 g/mol. The Bertz CT molecular complexity index is 958. The Hall–Kier alpha value is -1.89. The van der Waals surface area contributed by atoms with Gasteiger partial charge in [-0.15, -0.1) is 11.3 Å². The molecule has 136 valence electrons. The number of piperidine rings is 1. The van der Waals surface area contributed by atoms with E-state index in [0.29, 0.717) is 11.1 Å². The van der Waals surface area contributed by atoms with Gasteiger partial charge in [-0.25, -0.2) is 4.68 Å². The number of aromatic nitrogens is 2. The SMILES string of the molecule is Cc1nn(-c2ccccc2Cl)c2sc(C(=O)N(C)C3CCNCC3)cc12. The molecule has 26 heavy (non-hydrogen) atoms. The highest BCUT2D eigenvalue weighted by molar-refractivity contribution is 7.20. The monoisotopic (exact) mass is 388 g/mol. The molecule has 3 aromatic rings. The first-order valence-corrected chi connectivity index (χ1v) is 9.97. The van der Waals surface area contributed by atoms with Gasteiger partial charge in [0.2, 0.25) is 0 Å². The minimum atomic E-state index is 0.0863. The van der Waals surface area contributed by atoms with Crippen LogP contribution in [0, 0.1) is 6.92 Å².